The highest BCUT2D eigenvalue weighted by molar-refractivity contribution is 5.33. The maximum atomic E-state index is 9.79. The second kappa shape index (κ2) is 6.92. The Labute approximate surface area is 116 Å². The number of aliphatic hydroxyl groups excluding tert-OH is 1. The molecule has 0 aliphatic heterocycles. The van der Waals surface area contributed by atoms with Gasteiger partial charge < -0.3 is 15.2 Å². The lowest BCUT2D eigenvalue weighted by atomic mass is 10.1. The molecule has 0 radical (unpaired) electrons. The number of aliphatic hydroxyl groups is 1. The van der Waals surface area contributed by atoms with Crippen LogP contribution in [-0.4, -0.2) is 23.9 Å². The third-order valence-corrected chi connectivity index (χ3v) is 3.68. The molecule has 3 nitrogen and oxygen atoms in total. The first-order chi connectivity index (χ1) is 9.16. The highest BCUT2D eigenvalue weighted by Crippen LogP contribution is 2.25. The van der Waals surface area contributed by atoms with Crippen molar-refractivity contribution in [1.82, 2.24) is 5.32 Å². The lowest BCUT2D eigenvalue weighted by molar-refractivity contribution is 0.131. The van der Waals surface area contributed by atoms with Gasteiger partial charge in [-0.3, -0.25) is 0 Å². The number of benzene rings is 1. The largest absolute Gasteiger partial charge is 0.491 e. The summed E-state index contributed by atoms with van der Waals surface area (Å²) in [7, 11) is 0. The van der Waals surface area contributed by atoms with Crippen LogP contribution < -0.4 is 10.1 Å². The normalized spacial score (nSPS) is 22.9. The smallest absolute Gasteiger partial charge is 0.124 e. The van der Waals surface area contributed by atoms with Gasteiger partial charge in [0.05, 0.1) is 12.2 Å². The molecule has 0 spiro atoms. The van der Waals surface area contributed by atoms with Crippen molar-refractivity contribution in [2.24, 2.45) is 5.92 Å². The molecule has 1 saturated carbocycles. The van der Waals surface area contributed by atoms with Crippen molar-refractivity contribution in [3.05, 3.63) is 29.8 Å². The second-order valence-electron chi connectivity index (χ2n) is 5.66. The molecule has 1 fully saturated rings. The Morgan fingerprint density at radius 2 is 2.11 bits per heavy atom. The number of hydrogen-bond donors (Lipinski definition) is 2. The van der Waals surface area contributed by atoms with Gasteiger partial charge in [0, 0.05) is 18.7 Å². The van der Waals surface area contributed by atoms with Gasteiger partial charge in [0.2, 0.25) is 0 Å². The van der Waals surface area contributed by atoms with Gasteiger partial charge in [-0.05, 0) is 38.7 Å². The predicted molar refractivity (Wildman–Crippen MR) is 77.3 cm³/mol. The standard InChI is InChI=1S/C16H25NO2/c1-12(2)19-16-9-4-3-6-14(16)11-17-10-13-7-5-8-15(13)18/h3-4,6,9,12-13,15,17-18H,5,7-8,10-11H2,1-2H3. The monoisotopic (exact) mass is 263 g/mol. The summed E-state index contributed by atoms with van der Waals surface area (Å²) in [5, 5.41) is 13.2. The molecule has 3 heteroatoms. The van der Waals surface area contributed by atoms with Crippen LogP contribution in [0.4, 0.5) is 0 Å². The van der Waals surface area contributed by atoms with E-state index in [1.165, 1.54) is 5.56 Å². The Morgan fingerprint density at radius 1 is 1.32 bits per heavy atom. The van der Waals surface area contributed by atoms with Gasteiger partial charge >= 0.3 is 0 Å². The topological polar surface area (TPSA) is 41.5 Å². The average Bonchev–Trinajstić information content (AvgIpc) is 2.77. The summed E-state index contributed by atoms with van der Waals surface area (Å²) in [5.74, 6) is 1.37. The first-order valence-corrected chi connectivity index (χ1v) is 7.30. The van der Waals surface area contributed by atoms with E-state index in [-0.39, 0.29) is 12.2 Å². The van der Waals surface area contributed by atoms with E-state index in [4.69, 9.17) is 4.74 Å². The summed E-state index contributed by atoms with van der Waals surface area (Å²) >= 11 is 0. The Morgan fingerprint density at radius 3 is 2.79 bits per heavy atom. The fraction of sp³-hybridized carbons (Fsp3) is 0.625. The maximum absolute atomic E-state index is 9.79. The lowest BCUT2D eigenvalue weighted by Crippen LogP contribution is -2.27. The summed E-state index contributed by atoms with van der Waals surface area (Å²) in [4.78, 5) is 0. The number of hydrogen-bond acceptors (Lipinski definition) is 3. The summed E-state index contributed by atoms with van der Waals surface area (Å²) < 4.78 is 5.80. The zero-order valence-electron chi connectivity index (χ0n) is 11.9. The lowest BCUT2D eigenvalue weighted by Gasteiger charge is -2.17. The zero-order chi connectivity index (χ0) is 13.7. The average molecular weight is 263 g/mol. The van der Waals surface area contributed by atoms with Crippen LogP contribution in [-0.2, 0) is 6.54 Å². The second-order valence-corrected chi connectivity index (χ2v) is 5.66. The molecule has 0 bridgehead atoms. The van der Waals surface area contributed by atoms with E-state index in [1.807, 2.05) is 32.0 Å². The van der Waals surface area contributed by atoms with Crippen molar-refractivity contribution in [3.63, 3.8) is 0 Å². The van der Waals surface area contributed by atoms with Gasteiger partial charge in [-0.2, -0.15) is 0 Å². The molecule has 0 saturated heterocycles. The Bertz CT molecular complexity index is 392. The maximum Gasteiger partial charge on any atom is 0.124 e. The van der Waals surface area contributed by atoms with Crippen molar-refractivity contribution >= 4 is 0 Å². The summed E-state index contributed by atoms with van der Waals surface area (Å²) in [5.41, 5.74) is 1.18. The van der Waals surface area contributed by atoms with Crippen molar-refractivity contribution in [2.45, 2.75) is 51.9 Å². The molecular formula is C16H25NO2. The molecule has 2 atom stereocenters. The highest BCUT2D eigenvalue weighted by Gasteiger charge is 2.24. The molecule has 1 aliphatic rings. The van der Waals surface area contributed by atoms with Gasteiger partial charge in [-0.25, -0.2) is 0 Å². The van der Waals surface area contributed by atoms with Crippen LogP contribution in [0.1, 0.15) is 38.7 Å². The van der Waals surface area contributed by atoms with E-state index in [0.717, 1.165) is 38.1 Å². The van der Waals surface area contributed by atoms with Crippen molar-refractivity contribution in [3.8, 4) is 5.75 Å². The minimum absolute atomic E-state index is 0.116. The Hall–Kier alpha value is -1.06. The van der Waals surface area contributed by atoms with Crippen LogP contribution in [0, 0.1) is 5.92 Å². The van der Waals surface area contributed by atoms with Crippen molar-refractivity contribution in [2.75, 3.05) is 6.54 Å². The van der Waals surface area contributed by atoms with E-state index in [0.29, 0.717) is 5.92 Å². The van der Waals surface area contributed by atoms with Crippen LogP contribution in [0.3, 0.4) is 0 Å². The third-order valence-electron chi connectivity index (χ3n) is 3.68. The Kier molecular flexibility index (Phi) is 5.23. The van der Waals surface area contributed by atoms with Crippen LogP contribution in [0.15, 0.2) is 24.3 Å². The summed E-state index contributed by atoms with van der Waals surface area (Å²) in [6.07, 6.45) is 3.32. The quantitative estimate of drug-likeness (QED) is 0.829. The SMILES string of the molecule is CC(C)Oc1ccccc1CNCC1CCCC1O. The van der Waals surface area contributed by atoms with Crippen LogP contribution in [0.2, 0.25) is 0 Å². The molecular weight excluding hydrogens is 238 g/mol. The molecule has 2 N–H and O–H groups in total. The van der Waals surface area contributed by atoms with E-state index in [2.05, 4.69) is 11.4 Å². The minimum Gasteiger partial charge on any atom is -0.491 e. The number of para-hydroxylation sites is 1. The molecule has 2 rings (SSSR count). The Balaban J connectivity index is 1.85. The number of nitrogens with one attached hydrogen (secondary N) is 1. The van der Waals surface area contributed by atoms with Crippen LogP contribution in [0.5, 0.6) is 5.75 Å². The van der Waals surface area contributed by atoms with Crippen LogP contribution in [0.25, 0.3) is 0 Å². The first-order valence-electron chi connectivity index (χ1n) is 7.30. The molecule has 0 amide bonds. The molecule has 0 heterocycles. The van der Waals surface area contributed by atoms with Crippen molar-refractivity contribution in [1.29, 1.82) is 0 Å². The van der Waals surface area contributed by atoms with E-state index in [1.54, 1.807) is 0 Å². The summed E-state index contributed by atoms with van der Waals surface area (Å²) in [6, 6.07) is 8.15. The van der Waals surface area contributed by atoms with Crippen LogP contribution >= 0.6 is 0 Å². The van der Waals surface area contributed by atoms with Crippen molar-refractivity contribution < 1.29 is 9.84 Å². The molecule has 1 aromatic carbocycles. The molecule has 0 aromatic heterocycles. The zero-order valence-corrected chi connectivity index (χ0v) is 11.9. The van der Waals surface area contributed by atoms with E-state index >= 15 is 0 Å². The molecule has 19 heavy (non-hydrogen) atoms. The van der Waals surface area contributed by atoms with Gasteiger partial charge in [0.15, 0.2) is 0 Å². The van der Waals surface area contributed by atoms with E-state index < -0.39 is 0 Å². The van der Waals surface area contributed by atoms with Gasteiger partial charge in [0.1, 0.15) is 5.75 Å². The highest BCUT2D eigenvalue weighted by atomic mass is 16.5. The van der Waals surface area contributed by atoms with Gasteiger partial charge in [-0.15, -0.1) is 0 Å². The van der Waals surface area contributed by atoms with Gasteiger partial charge in [0.25, 0.3) is 0 Å². The minimum atomic E-state index is -0.116. The predicted octanol–water partition coefficient (Wildman–Crippen LogP) is 2.72. The molecule has 1 aliphatic carbocycles. The first kappa shape index (κ1) is 14.4. The van der Waals surface area contributed by atoms with E-state index in [9.17, 15) is 5.11 Å². The number of ether oxygens (including phenoxy) is 1. The molecule has 2 unspecified atom stereocenters. The number of rotatable bonds is 6. The third kappa shape index (κ3) is 4.22. The summed E-state index contributed by atoms with van der Waals surface area (Å²) in [6.45, 7) is 5.77. The molecule has 1 aromatic rings. The van der Waals surface area contributed by atoms with Gasteiger partial charge in [-0.1, -0.05) is 24.6 Å². The molecule has 106 valence electrons. The fourth-order valence-electron chi connectivity index (χ4n) is 2.67. The fourth-order valence-corrected chi connectivity index (χ4v) is 2.67.